The van der Waals surface area contributed by atoms with Gasteiger partial charge in [-0.15, -0.1) is 0 Å². The summed E-state index contributed by atoms with van der Waals surface area (Å²) in [5.41, 5.74) is 2.50. The maximum absolute atomic E-state index is 13.4. The molecule has 1 saturated heterocycles. The molecule has 1 N–H and O–H groups in total. The number of anilines is 1. The van der Waals surface area contributed by atoms with Crippen LogP contribution in [0.5, 0.6) is 0 Å². The standard InChI is InChI=1S/C17H15F2N3O/c18-12-6-5-11(9-13(12)19)16-10-22(7-8-23-16)17-20-14-3-1-2-4-15(14)21-17/h1-6,9,16H,7-8,10H2,(H,20,21). The molecule has 1 aliphatic rings. The molecule has 3 aromatic rings. The third-order valence-electron chi connectivity index (χ3n) is 4.06. The van der Waals surface area contributed by atoms with Gasteiger partial charge in [0.1, 0.15) is 6.10 Å². The van der Waals surface area contributed by atoms with Gasteiger partial charge in [0.15, 0.2) is 11.6 Å². The number of H-pyrrole nitrogens is 1. The first-order valence-electron chi connectivity index (χ1n) is 7.47. The normalized spacial score (nSPS) is 18.5. The Morgan fingerprint density at radius 1 is 1.13 bits per heavy atom. The predicted octanol–water partition coefficient (Wildman–Crippen LogP) is 3.42. The van der Waals surface area contributed by atoms with Crippen molar-refractivity contribution in [2.45, 2.75) is 6.10 Å². The highest BCUT2D eigenvalue weighted by Crippen LogP contribution is 2.27. The summed E-state index contributed by atoms with van der Waals surface area (Å²) in [6.45, 7) is 1.73. The molecule has 1 unspecified atom stereocenters. The van der Waals surface area contributed by atoms with Crippen LogP contribution in [-0.2, 0) is 4.74 Å². The maximum atomic E-state index is 13.4. The Kier molecular flexibility index (Phi) is 3.46. The number of ether oxygens (including phenoxy) is 1. The number of aromatic amines is 1. The average Bonchev–Trinajstić information content (AvgIpc) is 3.02. The number of morpholine rings is 1. The molecule has 2 aromatic carbocycles. The fraction of sp³-hybridized carbons (Fsp3) is 0.235. The zero-order chi connectivity index (χ0) is 15.8. The van der Waals surface area contributed by atoms with E-state index in [1.165, 1.54) is 6.07 Å². The second-order valence-corrected chi connectivity index (χ2v) is 5.56. The summed E-state index contributed by atoms with van der Waals surface area (Å²) in [5.74, 6) is -0.937. The molecule has 0 bridgehead atoms. The number of hydrogen-bond donors (Lipinski definition) is 1. The molecule has 6 heteroatoms. The first kappa shape index (κ1) is 14.1. The van der Waals surface area contributed by atoms with Crippen LogP contribution in [0.1, 0.15) is 11.7 Å². The molecular formula is C17H15F2N3O. The number of imidazole rings is 1. The van der Waals surface area contributed by atoms with Gasteiger partial charge in [0, 0.05) is 6.54 Å². The van der Waals surface area contributed by atoms with E-state index in [1.807, 2.05) is 24.3 Å². The van der Waals surface area contributed by atoms with Crippen molar-refractivity contribution in [1.82, 2.24) is 9.97 Å². The largest absolute Gasteiger partial charge is 0.370 e. The number of nitrogens with zero attached hydrogens (tertiary/aromatic N) is 2. The number of fused-ring (bicyclic) bond motifs is 1. The monoisotopic (exact) mass is 315 g/mol. The summed E-state index contributed by atoms with van der Waals surface area (Å²) < 4.78 is 32.2. The Labute approximate surface area is 131 Å². The third-order valence-corrected chi connectivity index (χ3v) is 4.06. The predicted molar refractivity (Wildman–Crippen MR) is 83.4 cm³/mol. The minimum atomic E-state index is -0.855. The number of halogens is 2. The zero-order valence-electron chi connectivity index (χ0n) is 12.3. The van der Waals surface area contributed by atoms with Gasteiger partial charge in [-0.25, -0.2) is 13.8 Å². The first-order chi connectivity index (χ1) is 11.2. The summed E-state index contributed by atoms with van der Waals surface area (Å²) in [4.78, 5) is 9.92. The molecular weight excluding hydrogens is 300 g/mol. The molecule has 4 nitrogen and oxygen atoms in total. The highest BCUT2D eigenvalue weighted by Gasteiger charge is 2.24. The lowest BCUT2D eigenvalue weighted by molar-refractivity contribution is 0.0390. The van der Waals surface area contributed by atoms with Crippen LogP contribution >= 0.6 is 0 Å². The fourth-order valence-corrected chi connectivity index (χ4v) is 2.85. The number of benzene rings is 2. The highest BCUT2D eigenvalue weighted by atomic mass is 19.2. The molecule has 1 fully saturated rings. The van der Waals surface area contributed by atoms with Crippen LogP contribution in [0.2, 0.25) is 0 Å². The Hall–Kier alpha value is -2.47. The number of rotatable bonds is 2. The smallest absolute Gasteiger partial charge is 0.204 e. The van der Waals surface area contributed by atoms with Crippen LogP contribution in [0.15, 0.2) is 42.5 Å². The Bertz CT molecular complexity index is 816. The minimum absolute atomic E-state index is 0.313. The number of nitrogens with one attached hydrogen (secondary N) is 1. The average molecular weight is 315 g/mol. The van der Waals surface area contributed by atoms with E-state index in [2.05, 4.69) is 14.9 Å². The lowest BCUT2D eigenvalue weighted by Crippen LogP contribution is -2.39. The van der Waals surface area contributed by atoms with Crippen LogP contribution in [-0.4, -0.2) is 29.7 Å². The molecule has 0 spiro atoms. The minimum Gasteiger partial charge on any atom is -0.370 e. The molecule has 118 valence electrons. The van der Waals surface area contributed by atoms with Crippen LogP contribution in [0.4, 0.5) is 14.7 Å². The Morgan fingerprint density at radius 2 is 2.00 bits per heavy atom. The molecule has 0 aliphatic carbocycles. The van der Waals surface area contributed by atoms with Crippen LogP contribution in [0.25, 0.3) is 11.0 Å². The van der Waals surface area contributed by atoms with Gasteiger partial charge < -0.3 is 14.6 Å². The lowest BCUT2D eigenvalue weighted by Gasteiger charge is -2.33. The van der Waals surface area contributed by atoms with Crippen LogP contribution < -0.4 is 4.90 Å². The molecule has 0 amide bonds. The van der Waals surface area contributed by atoms with E-state index in [0.29, 0.717) is 25.3 Å². The number of para-hydroxylation sites is 2. The number of hydrogen-bond acceptors (Lipinski definition) is 3. The van der Waals surface area contributed by atoms with Gasteiger partial charge in [0.25, 0.3) is 0 Å². The van der Waals surface area contributed by atoms with Crippen molar-refractivity contribution in [3.63, 3.8) is 0 Å². The van der Waals surface area contributed by atoms with Crippen LogP contribution in [0, 0.1) is 11.6 Å². The quantitative estimate of drug-likeness (QED) is 0.788. The SMILES string of the molecule is Fc1ccc(C2CN(c3nc4ccccc4[nH]3)CCO2)cc1F. The molecule has 23 heavy (non-hydrogen) atoms. The van der Waals surface area contributed by atoms with Crippen molar-refractivity contribution in [3.05, 3.63) is 59.7 Å². The second-order valence-electron chi connectivity index (χ2n) is 5.56. The molecule has 1 atom stereocenters. The molecule has 0 saturated carbocycles. The molecule has 4 rings (SSSR count). The van der Waals surface area contributed by atoms with E-state index in [1.54, 1.807) is 6.07 Å². The van der Waals surface area contributed by atoms with Gasteiger partial charge >= 0.3 is 0 Å². The Morgan fingerprint density at radius 3 is 2.83 bits per heavy atom. The second kappa shape index (κ2) is 5.62. The third kappa shape index (κ3) is 2.66. The summed E-state index contributed by atoms with van der Waals surface area (Å²) >= 11 is 0. The molecule has 1 aromatic heterocycles. The summed E-state index contributed by atoms with van der Waals surface area (Å²) in [5, 5.41) is 0. The van der Waals surface area contributed by atoms with E-state index in [9.17, 15) is 8.78 Å². The summed E-state index contributed by atoms with van der Waals surface area (Å²) in [6, 6.07) is 11.7. The highest BCUT2D eigenvalue weighted by molar-refractivity contribution is 5.77. The van der Waals surface area contributed by atoms with Gasteiger partial charge in [-0.05, 0) is 29.8 Å². The Balaban J connectivity index is 1.60. The topological polar surface area (TPSA) is 41.2 Å². The van der Waals surface area contributed by atoms with Crippen molar-refractivity contribution in [2.24, 2.45) is 0 Å². The molecule has 1 aliphatic heterocycles. The first-order valence-corrected chi connectivity index (χ1v) is 7.47. The van der Waals surface area contributed by atoms with Gasteiger partial charge in [-0.1, -0.05) is 18.2 Å². The van der Waals surface area contributed by atoms with Crippen molar-refractivity contribution in [1.29, 1.82) is 0 Å². The van der Waals surface area contributed by atoms with E-state index in [0.717, 1.165) is 23.0 Å². The van der Waals surface area contributed by atoms with E-state index < -0.39 is 11.6 Å². The summed E-state index contributed by atoms with van der Waals surface area (Å²) in [7, 11) is 0. The van der Waals surface area contributed by atoms with E-state index in [-0.39, 0.29) is 6.10 Å². The summed E-state index contributed by atoms with van der Waals surface area (Å²) in [6.07, 6.45) is -0.313. The number of aromatic nitrogens is 2. The maximum Gasteiger partial charge on any atom is 0.204 e. The van der Waals surface area contributed by atoms with Gasteiger partial charge in [-0.2, -0.15) is 0 Å². The zero-order valence-corrected chi connectivity index (χ0v) is 12.3. The van der Waals surface area contributed by atoms with Crippen LogP contribution in [0.3, 0.4) is 0 Å². The van der Waals surface area contributed by atoms with Crippen molar-refractivity contribution in [2.75, 3.05) is 24.6 Å². The van der Waals surface area contributed by atoms with Gasteiger partial charge in [0.2, 0.25) is 5.95 Å². The van der Waals surface area contributed by atoms with E-state index >= 15 is 0 Å². The van der Waals surface area contributed by atoms with Gasteiger partial charge in [-0.3, -0.25) is 0 Å². The van der Waals surface area contributed by atoms with Crippen molar-refractivity contribution in [3.8, 4) is 0 Å². The lowest BCUT2D eigenvalue weighted by atomic mass is 10.1. The fourth-order valence-electron chi connectivity index (χ4n) is 2.85. The van der Waals surface area contributed by atoms with Crippen molar-refractivity contribution >= 4 is 17.0 Å². The van der Waals surface area contributed by atoms with E-state index in [4.69, 9.17) is 4.74 Å². The molecule has 2 heterocycles. The van der Waals surface area contributed by atoms with Gasteiger partial charge in [0.05, 0.1) is 24.2 Å². The van der Waals surface area contributed by atoms with Crippen molar-refractivity contribution < 1.29 is 13.5 Å². The molecule has 0 radical (unpaired) electrons.